The number of anilines is 1. The smallest absolute Gasteiger partial charge is 0.404 e. The normalized spacial score (nSPS) is 17.8. The zero-order valence-electron chi connectivity index (χ0n) is 10.7. The fourth-order valence-electron chi connectivity index (χ4n) is 1.57. The Morgan fingerprint density at radius 1 is 1.40 bits per heavy atom. The van der Waals surface area contributed by atoms with E-state index in [4.69, 9.17) is 0 Å². The van der Waals surface area contributed by atoms with E-state index >= 15 is 0 Å². The SMILES string of the molecule is CC1(C)CSC(Nc2ccc(Br)cc2OC(F)(F)F)=N1. The first-order valence-corrected chi connectivity index (χ1v) is 7.47. The van der Waals surface area contributed by atoms with Crippen LogP contribution in [0.1, 0.15) is 13.8 Å². The van der Waals surface area contributed by atoms with Crippen LogP contribution in [0, 0.1) is 0 Å². The molecule has 0 radical (unpaired) electrons. The van der Waals surface area contributed by atoms with Crippen LogP contribution in [0.2, 0.25) is 0 Å². The number of nitrogens with zero attached hydrogens (tertiary/aromatic N) is 1. The van der Waals surface area contributed by atoms with E-state index in [1.165, 1.54) is 23.9 Å². The minimum atomic E-state index is -4.73. The van der Waals surface area contributed by atoms with Crippen molar-refractivity contribution in [3.05, 3.63) is 22.7 Å². The second-order valence-electron chi connectivity index (χ2n) is 4.83. The van der Waals surface area contributed by atoms with Crippen LogP contribution in [0.4, 0.5) is 18.9 Å². The van der Waals surface area contributed by atoms with E-state index in [1.54, 1.807) is 6.07 Å². The number of hydrogen-bond acceptors (Lipinski definition) is 4. The third kappa shape index (κ3) is 4.31. The maximum atomic E-state index is 12.4. The molecule has 1 aromatic rings. The average Bonchev–Trinajstić information content (AvgIpc) is 2.60. The Balaban J connectivity index is 2.23. The molecule has 0 saturated heterocycles. The van der Waals surface area contributed by atoms with Gasteiger partial charge in [0.1, 0.15) is 0 Å². The predicted molar refractivity (Wildman–Crippen MR) is 78.4 cm³/mol. The molecule has 110 valence electrons. The van der Waals surface area contributed by atoms with Crippen molar-refractivity contribution in [1.82, 2.24) is 0 Å². The molecule has 1 aromatic carbocycles. The minimum Gasteiger partial charge on any atom is -0.404 e. The van der Waals surface area contributed by atoms with Crippen molar-refractivity contribution in [3.63, 3.8) is 0 Å². The van der Waals surface area contributed by atoms with E-state index in [0.29, 0.717) is 9.64 Å². The molecule has 1 aliphatic rings. The molecule has 0 unspecified atom stereocenters. The number of alkyl halides is 3. The van der Waals surface area contributed by atoms with E-state index in [-0.39, 0.29) is 17.0 Å². The number of halogens is 4. The summed E-state index contributed by atoms with van der Waals surface area (Å²) in [5, 5.41) is 3.47. The lowest BCUT2D eigenvalue weighted by Gasteiger charge is -2.14. The largest absolute Gasteiger partial charge is 0.573 e. The van der Waals surface area contributed by atoms with Crippen LogP contribution in [0.25, 0.3) is 0 Å². The summed E-state index contributed by atoms with van der Waals surface area (Å²) >= 11 is 4.59. The van der Waals surface area contributed by atoms with Gasteiger partial charge < -0.3 is 10.1 Å². The van der Waals surface area contributed by atoms with Crippen LogP contribution in [-0.4, -0.2) is 22.8 Å². The first-order valence-electron chi connectivity index (χ1n) is 5.70. The molecule has 0 spiro atoms. The van der Waals surface area contributed by atoms with Gasteiger partial charge in [-0.2, -0.15) is 0 Å². The van der Waals surface area contributed by atoms with E-state index in [2.05, 4.69) is 31.0 Å². The third-order valence-corrected chi connectivity index (χ3v) is 4.19. The molecule has 0 bridgehead atoms. The standard InChI is InChI=1S/C12H12BrF3N2OS/c1-11(2)6-20-10(18-11)17-8-4-3-7(13)5-9(8)19-12(14,15)16/h3-5H,6H2,1-2H3,(H,17,18). The zero-order valence-corrected chi connectivity index (χ0v) is 13.1. The lowest BCUT2D eigenvalue weighted by Crippen LogP contribution is -2.19. The summed E-state index contributed by atoms with van der Waals surface area (Å²) in [6.45, 7) is 3.92. The van der Waals surface area contributed by atoms with Crippen LogP contribution in [0.15, 0.2) is 27.7 Å². The van der Waals surface area contributed by atoms with Crippen LogP contribution in [0.5, 0.6) is 5.75 Å². The molecule has 8 heteroatoms. The van der Waals surface area contributed by atoms with E-state index in [1.807, 2.05) is 13.8 Å². The number of rotatable bonds is 2. The van der Waals surface area contributed by atoms with Gasteiger partial charge in [-0.25, -0.2) is 0 Å². The molecular weight excluding hydrogens is 357 g/mol. The summed E-state index contributed by atoms with van der Waals surface area (Å²) in [5.41, 5.74) is 0.0161. The Hall–Kier alpha value is -0.890. The summed E-state index contributed by atoms with van der Waals surface area (Å²) in [6, 6.07) is 4.41. The van der Waals surface area contributed by atoms with Gasteiger partial charge in [-0.1, -0.05) is 27.7 Å². The summed E-state index contributed by atoms with van der Waals surface area (Å²) < 4.78 is 41.7. The third-order valence-electron chi connectivity index (χ3n) is 2.38. The zero-order chi connectivity index (χ0) is 15.0. The summed E-state index contributed by atoms with van der Waals surface area (Å²) in [4.78, 5) is 4.40. The highest BCUT2D eigenvalue weighted by atomic mass is 79.9. The summed E-state index contributed by atoms with van der Waals surface area (Å²) in [6.07, 6.45) is -4.73. The molecule has 0 atom stereocenters. The molecule has 0 aliphatic carbocycles. The Morgan fingerprint density at radius 2 is 2.10 bits per heavy atom. The topological polar surface area (TPSA) is 33.6 Å². The van der Waals surface area contributed by atoms with Crippen molar-refractivity contribution in [3.8, 4) is 5.75 Å². The quantitative estimate of drug-likeness (QED) is 0.825. The molecule has 3 nitrogen and oxygen atoms in total. The van der Waals surface area contributed by atoms with Gasteiger partial charge in [-0.15, -0.1) is 13.2 Å². The van der Waals surface area contributed by atoms with Gasteiger partial charge in [0.2, 0.25) is 0 Å². The minimum absolute atomic E-state index is 0.215. The van der Waals surface area contributed by atoms with Crippen molar-refractivity contribution in [2.75, 3.05) is 11.1 Å². The number of nitrogens with one attached hydrogen (secondary N) is 1. The number of aliphatic imine (C=N–C) groups is 1. The van der Waals surface area contributed by atoms with Gasteiger partial charge in [0.05, 0.1) is 11.2 Å². The van der Waals surface area contributed by atoms with Crippen molar-refractivity contribution in [2.45, 2.75) is 25.7 Å². The second-order valence-corrected chi connectivity index (χ2v) is 6.71. The molecule has 0 fully saturated rings. The van der Waals surface area contributed by atoms with Gasteiger partial charge >= 0.3 is 6.36 Å². The Bertz CT molecular complexity index is 546. The molecule has 0 saturated carbocycles. The van der Waals surface area contributed by atoms with Gasteiger partial charge in [-0.3, -0.25) is 4.99 Å². The van der Waals surface area contributed by atoms with Crippen molar-refractivity contribution in [1.29, 1.82) is 0 Å². The van der Waals surface area contributed by atoms with E-state index < -0.39 is 6.36 Å². The maximum absolute atomic E-state index is 12.4. The molecule has 1 aliphatic heterocycles. The number of thioether (sulfide) groups is 1. The number of ether oxygens (including phenoxy) is 1. The number of benzene rings is 1. The molecular formula is C12H12BrF3N2OS. The summed E-state index contributed by atoms with van der Waals surface area (Å²) in [5.74, 6) is 0.487. The highest BCUT2D eigenvalue weighted by Crippen LogP contribution is 2.35. The monoisotopic (exact) mass is 368 g/mol. The molecule has 1 N–H and O–H groups in total. The first-order chi connectivity index (χ1) is 9.15. The highest BCUT2D eigenvalue weighted by molar-refractivity contribution is 9.10. The van der Waals surface area contributed by atoms with Gasteiger partial charge in [0.25, 0.3) is 0 Å². The van der Waals surface area contributed by atoms with Crippen molar-refractivity contribution >= 4 is 38.5 Å². The first kappa shape index (κ1) is 15.5. The fourth-order valence-corrected chi connectivity index (χ4v) is 2.96. The number of hydrogen-bond donors (Lipinski definition) is 1. The average molecular weight is 369 g/mol. The van der Waals surface area contributed by atoms with Crippen LogP contribution in [-0.2, 0) is 0 Å². The van der Waals surface area contributed by atoms with Crippen LogP contribution >= 0.6 is 27.7 Å². The lowest BCUT2D eigenvalue weighted by molar-refractivity contribution is -0.274. The highest BCUT2D eigenvalue weighted by Gasteiger charge is 2.33. The van der Waals surface area contributed by atoms with Gasteiger partial charge in [0, 0.05) is 10.2 Å². The van der Waals surface area contributed by atoms with Crippen LogP contribution in [0.3, 0.4) is 0 Å². The molecule has 20 heavy (non-hydrogen) atoms. The van der Waals surface area contributed by atoms with Gasteiger partial charge in [-0.05, 0) is 32.0 Å². The molecule has 2 rings (SSSR count). The summed E-state index contributed by atoms with van der Waals surface area (Å²) in [7, 11) is 0. The fraction of sp³-hybridized carbons (Fsp3) is 0.417. The Morgan fingerprint density at radius 3 is 2.65 bits per heavy atom. The van der Waals surface area contributed by atoms with Crippen molar-refractivity contribution in [2.24, 2.45) is 4.99 Å². The van der Waals surface area contributed by atoms with Crippen molar-refractivity contribution < 1.29 is 17.9 Å². The second kappa shape index (κ2) is 5.48. The maximum Gasteiger partial charge on any atom is 0.573 e. The molecule has 1 heterocycles. The molecule has 0 amide bonds. The van der Waals surface area contributed by atoms with Gasteiger partial charge in [0.15, 0.2) is 10.9 Å². The molecule has 0 aromatic heterocycles. The predicted octanol–water partition coefficient (Wildman–Crippen LogP) is 4.64. The Labute approximate surface area is 127 Å². The number of amidine groups is 1. The van der Waals surface area contributed by atoms with E-state index in [0.717, 1.165) is 5.75 Å². The Kier molecular flexibility index (Phi) is 4.24. The van der Waals surface area contributed by atoms with E-state index in [9.17, 15) is 13.2 Å². The van der Waals surface area contributed by atoms with Crippen LogP contribution < -0.4 is 10.1 Å². The lowest BCUT2D eigenvalue weighted by atomic mass is 10.1.